The number of fused-ring (bicyclic) bond motifs is 1. The number of hydrogen-bond acceptors (Lipinski definition) is 8. The Morgan fingerprint density at radius 3 is 2.67 bits per heavy atom. The van der Waals surface area contributed by atoms with Crippen LogP contribution in [0.3, 0.4) is 0 Å². The lowest BCUT2D eigenvalue weighted by Gasteiger charge is -2.25. The molecule has 5 rings (SSSR count). The van der Waals surface area contributed by atoms with Gasteiger partial charge in [0, 0.05) is 0 Å². The number of aliphatic hydroxyl groups excluding tert-OH is 1. The lowest BCUT2D eigenvalue weighted by molar-refractivity contribution is -0.117. The lowest BCUT2D eigenvalue weighted by Crippen LogP contribution is -2.31. The van der Waals surface area contributed by atoms with E-state index in [0.717, 1.165) is 21.3 Å². The third-order valence-corrected chi connectivity index (χ3v) is 7.90. The Labute approximate surface area is 216 Å². The van der Waals surface area contributed by atoms with E-state index in [2.05, 4.69) is 0 Å². The number of nitrogens with zero attached hydrogens (tertiary/aromatic N) is 2. The van der Waals surface area contributed by atoms with Crippen LogP contribution in [0.15, 0.2) is 59.2 Å². The second-order valence-electron chi connectivity index (χ2n) is 8.41. The van der Waals surface area contributed by atoms with Gasteiger partial charge in [0.2, 0.25) is 5.78 Å². The molecule has 36 heavy (non-hydrogen) atoms. The zero-order valence-electron chi connectivity index (χ0n) is 20.2. The molecule has 0 aliphatic carbocycles. The first-order chi connectivity index (χ1) is 17.3. The second-order valence-corrected chi connectivity index (χ2v) is 10.4. The molecule has 1 aliphatic heterocycles. The highest BCUT2D eigenvalue weighted by molar-refractivity contribution is 7.22. The smallest absolute Gasteiger partial charge is 0.296 e. The van der Waals surface area contributed by atoms with Crippen LogP contribution in [0.4, 0.5) is 5.13 Å². The predicted molar refractivity (Wildman–Crippen MR) is 142 cm³/mol. The van der Waals surface area contributed by atoms with E-state index in [0.29, 0.717) is 33.7 Å². The van der Waals surface area contributed by atoms with Crippen LogP contribution in [0.5, 0.6) is 11.5 Å². The van der Waals surface area contributed by atoms with Gasteiger partial charge in [-0.2, -0.15) is 0 Å². The van der Waals surface area contributed by atoms with Crippen LogP contribution in [0, 0.1) is 13.8 Å². The fraction of sp³-hybridized carbons (Fsp3) is 0.222. The van der Waals surface area contributed by atoms with Gasteiger partial charge in [-0.3, -0.25) is 14.5 Å². The van der Waals surface area contributed by atoms with Gasteiger partial charge in [0.05, 0.1) is 40.4 Å². The first-order valence-electron chi connectivity index (χ1n) is 11.4. The van der Waals surface area contributed by atoms with Gasteiger partial charge < -0.3 is 14.6 Å². The Morgan fingerprint density at radius 1 is 1.17 bits per heavy atom. The summed E-state index contributed by atoms with van der Waals surface area (Å²) in [4.78, 5) is 33.7. The van der Waals surface area contributed by atoms with Crippen molar-refractivity contribution in [3.05, 3.63) is 80.7 Å². The average molecular weight is 521 g/mol. The van der Waals surface area contributed by atoms with Gasteiger partial charge in [0.1, 0.15) is 0 Å². The lowest BCUT2D eigenvalue weighted by atomic mass is 9.95. The number of ketones is 1. The van der Waals surface area contributed by atoms with Crippen molar-refractivity contribution in [2.75, 3.05) is 18.6 Å². The molecule has 3 heterocycles. The number of aryl methyl sites for hydroxylation is 2. The number of thiophene rings is 1. The number of rotatable bonds is 7. The molecule has 2 aromatic carbocycles. The Bertz CT molecular complexity index is 1520. The van der Waals surface area contributed by atoms with Crippen molar-refractivity contribution in [2.45, 2.75) is 26.8 Å². The molecule has 0 saturated heterocycles. The number of carbonyl (C=O) groups is 2. The van der Waals surface area contributed by atoms with Crippen molar-refractivity contribution in [2.24, 2.45) is 0 Å². The number of carbonyl (C=O) groups excluding carboxylic acids is 2. The first kappa shape index (κ1) is 24.0. The minimum absolute atomic E-state index is 0.0146. The Balaban J connectivity index is 1.70. The van der Waals surface area contributed by atoms with E-state index < -0.39 is 23.5 Å². The Hall–Kier alpha value is -3.69. The van der Waals surface area contributed by atoms with Crippen LogP contribution in [0.1, 0.15) is 39.3 Å². The van der Waals surface area contributed by atoms with Gasteiger partial charge in [-0.1, -0.05) is 29.5 Å². The van der Waals surface area contributed by atoms with E-state index in [-0.39, 0.29) is 5.57 Å². The third-order valence-electron chi connectivity index (χ3n) is 6.03. The van der Waals surface area contributed by atoms with E-state index >= 15 is 0 Å². The summed E-state index contributed by atoms with van der Waals surface area (Å²) in [5, 5.41) is 13.2. The van der Waals surface area contributed by atoms with Crippen molar-refractivity contribution < 1.29 is 24.2 Å². The van der Waals surface area contributed by atoms with Crippen molar-refractivity contribution in [1.82, 2.24) is 4.98 Å². The highest BCUT2D eigenvalue weighted by Gasteiger charge is 2.46. The van der Waals surface area contributed by atoms with Gasteiger partial charge in [0.25, 0.3) is 5.91 Å². The van der Waals surface area contributed by atoms with E-state index in [1.165, 1.54) is 34.7 Å². The molecule has 184 valence electrons. The summed E-state index contributed by atoms with van der Waals surface area (Å²) in [7, 11) is 1.53. The van der Waals surface area contributed by atoms with Crippen molar-refractivity contribution in [3.63, 3.8) is 0 Å². The number of anilines is 1. The number of benzene rings is 2. The molecule has 1 unspecified atom stereocenters. The van der Waals surface area contributed by atoms with Gasteiger partial charge in [-0.05, 0) is 67.1 Å². The minimum Gasteiger partial charge on any atom is -0.503 e. The fourth-order valence-electron chi connectivity index (χ4n) is 4.48. The molecule has 2 aromatic heterocycles. The molecule has 9 heteroatoms. The largest absolute Gasteiger partial charge is 0.503 e. The number of methoxy groups -OCH3 is 1. The first-order valence-corrected chi connectivity index (χ1v) is 13.1. The summed E-state index contributed by atoms with van der Waals surface area (Å²) in [5.41, 5.74) is 3.48. The van der Waals surface area contributed by atoms with E-state index in [9.17, 15) is 14.7 Å². The number of amides is 1. The van der Waals surface area contributed by atoms with Crippen LogP contribution in [-0.4, -0.2) is 35.5 Å². The Morgan fingerprint density at radius 2 is 1.97 bits per heavy atom. The van der Waals surface area contributed by atoms with Crippen molar-refractivity contribution in [3.8, 4) is 11.5 Å². The van der Waals surface area contributed by atoms with Crippen LogP contribution in [-0.2, 0) is 4.79 Å². The number of aliphatic hydroxyl groups is 1. The number of thiazole rings is 1. The summed E-state index contributed by atoms with van der Waals surface area (Å²) in [5.74, 6) is -0.624. The molecule has 0 fully saturated rings. The number of hydrogen-bond donors (Lipinski definition) is 1. The monoisotopic (exact) mass is 520 g/mol. The highest BCUT2D eigenvalue weighted by Crippen LogP contribution is 2.46. The molecule has 0 radical (unpaired) electrons. The van der Waals surface area contributed by atoms with Crippen LogP contribution in [0.2, 0.25) is 0 Å². The molecule has 1 aliphatic rings. The normalized spacial score (nSPS) is 15.7. The minimum atomic E-state index is -0.890. The molecular formula is C27H24N2O5S2. The number of Topliss-reactive ketones (excluding diaryl/α,β-unsaturated/α-hetero) is 1. The Kier molecular flexibility index (Phi) is 6.27. The van der Waals surface area contributed by atoms with Crippen LogP contribution < -0.4 is 14.4 Å². The summed E-state index contributed by atoms with van der Waals surface area (Å²) < 4.78 is 12.1. The topological polar surface area (TPSA) is 89.0 Å². The second kappa shape index (κ2) is 9.40. The van der Waals surface area contributed by atoms with Gasteiger partial charge in [-0.15, -0.1) is 11.3 Å². The molecule has 0 bridgehead atoms. The standard InChI is InChI=1S/C27H24N2O5S2/c1-5-34-17-9-8-16(13-18(17)33-4)23-21(24(30)19-7-6-10-35-19)25(31)26(32)29(23)27-28-22-15(3)11-14(2)12-20(22)36-27/h6-13,23,31H,5H2,1-4H3. The maximum absolute atomic E-state index is 13.6. The molecule has 4 aromatic rings. The highest BCUT2D eigenvalue weighted by atomic mass is 32.1. The third kappa shape index (κ3) is 3.94. The van der Waals surface area contributed by atoms with Crippen LogP contribution in [0.25, 0.3) is 10.2 Å². The molecule has 0 saturated carbocycles. The van der Waals surface area contributed by atoms with Gasteiger partial charge >= 0.3 is 0 Å². The van der Waals surface area contributed by atoms with E-state index in [4.69, 9.17) is 14.5 Å². The molecule has 1 amide bonds. The molecule has 1 atom stereocenters. The number of ether oxygens (including phenoxy) is 2. The van der Waals surface area contributed by atoms with E-state index in [1.54, 1.807) is 35.7 Å². The maximum atomic E-state index is 13.6. The SMILES string of the molecule is CCOc1ccc(C2C(C(=O)c3cccs3)=C(O)C(=O)N2c2nc3c(C)cc(C)cc3s2)cc1OC. The molecule has 1 N–H and O–H groups in total. The zero-order valence-corrected chi connectivity index (χ0v) is 21.8. The fourth-order valence-corrected chi connectivity index (χ4v) is 6.33. The molecular weight excluding hydrogens is 496 g/mol. The molecule has 0 spiro atoms. The van der Waals surface area contributed by atoms with Gasteiger partial charge in [0.15, 0.2) is 22.4 Å². The summed E-state index contributed by atoms with van der Waals surface area (Å²) >= 11 is 2.61. The summed E-state index contributed by atoms with van der Waals surface area (Å²) in [6, 6.07) is 11.9. The molecule has 7 nitrogen and oxygen atoms in total. The van der Waals surface area contributed by atoms with Gasteiger partial charge in [-0.25, -0.2) is 4.98 Å². The zero-order chi connectivity index (χ0) is 25.6. The van der Waals surface area contributed by atoms with E-state index in [1.807, 2.05) is 32.9 Å². The maximum Gasteiger partial charge on any atom is 0.296 e. The summed E-state index contributed by atoms with van der Waals surface area (Å²) in [6.45, 7) is 6.31. The average Bonchev–Trinajstić information content (AvgIpc) is 3.58. The predicted octanol–water partition coefficient (Wildman–Crippen LogP) is 6.16. The van der Waals surface area contributed by atoms with Crippen LogP contribution >= 0.6 is 22.7 Å². The summed E-state index contributed by atoms with van der Waals surface area (Å²) in [6.07, 6.45) is 0. The number of aromatic nitrogens is 1. The van der Waals surface area contributed by atoms with Crippen molar-refractivity contribution in [1.29, 1.82) is 0 Å². The quantitative estimate of drug-likeness (QED) is 0.293. The van der Waals surface area contributed by atoms with Crippen molar-refractivity contribution >= 4 is 49.7 Å².